The lowest BCUT2D eigenvalue weighted by Crippen LogP contribution is -2.54. The van der Waals surface area contributed by atoms with Crippen LogP contribution in [0.4, 0.5) is 0 Å². The first-order chi connectivity index (χ1) is 8.71. The second-order valence-electron chi connectivity index (χ2n) is 4.44. The van der Waals surface area contributed by atoms with E-state index >= 15 is 0 Å². The summed E-state index contributed by atoms with van der Waals surface area (Å²) in [6.07, 6.45) is 1.62. The predicted molar refractivity (Wildman–Crippen MR) is 77.9 cm³/mol. The molecule has 10 heteroatoms. The second kappa shape index (κ2) is 6.72. The fourth-order valence-corrected chi connectivity index (χ4v) is 6.88. The smallest absolute Gasteiger partial charge is 0.282 e. The molecule has 0 aliphatic carbocycles. The first-order valence-electron chi connectivity index (χ1n) is 5.91. The zero-order chi connectivity index (χ0) is 14.7. The molecule has 19 heavy (non-hydrogen) atoms. The molecule has 1 saturated heterocycles. The number of thioether (sulfide) groups is 1. The monoisotopic (exact) mass is 331 g/mol. The highest BCUT2D eigenvalue weighted by molar-refractivity contribution is 8.01. The largest absolute Gasteiger partial charge is 0.330 e. The van der Waals surface area contributed by atoms with Gasteiger partial charge < -0.3 is 5.73 Å². The highest BCUT2D eigenvalue weighted by Gasteiger charge is 2.40. The maximum absolute atomic E-state index is 12.4. The molecule has 0 radical (unpaired) electrons. The molecule has 1 unspecified atom stereocenters. The summed E-state index contributed by atoms with van der Waals surface area (Å²) in [5.74, 6) is 0.888. The first kappa shape index (κ1) is 17.2. The summed E-state index contributed by atoms with van der Waals surface area (Å²) in [5.41, 5.74) is 5.36. The molecule has 0 saturated carbocycles. The van der Waals surface area contributed by atoms with Gasteiger partial charge in [0.2, 0.25) is 0 Å². The highest BCUT2D eigenvalue weighted by atomic mass is 32.2. The van der Waals surface area contributed by atoms with Gasteiger partial charge >= 0.3 is 0 Å². The molecule has 1 rings (SSSR count). The van der Waals surface area contributed by atoms with Crippen molar-refractivity contribution in [2.45, 2.75) is 11.8 Å². The molecule has 1 heterocycles. The summed E-state index contributed by atoms with van der Waals surface area (Å²) in [5, 5.41) is -0.975. The van der Waals surface area contributed by atoms with Crippen LogP contribution in [0.25, 0.3) is 0 Å². The fraction of sp³-hybridized carbons (Fsp3) is 1.00. The number of nitrogens with two attached hydrogens (primary N) is 1. The van der Waals surface area contributed by atoms with Crippen LogP contribution in [-0.4, -0.2) is 75.3 Å². The molecule has 1 aliphatic rings. The van der Waals surface area contributed by atoms with Crippen LogP contribution >= 0.6 is 11.8 Å². The Bertz CT molecular complexity index is 491. The van der Waals surface area contributed by atoms with Gasteiger partial charge in [0.1, 0.15) is 5.37 Å². The van der Waals surface area contributed by atoms with Crippen molar-refractivity contribution in [1.82, 2.24) is 8.61 Å². The lowest BCUT2D eigenvalue weighted by molar-refractivity contribution is 0.353. The van der Waals surface area contributed by atoms with Crippen molar-refractivity contribution in [3.63, 3.8) is 0 Å². The fourth-order valence-electron chi connectivity index (χ4n) is 1.78. The van der Waals surface area contributed by atoms with Crippen LogP contribution in [0.3, 0.4) is 0 Å². The summed E-state index contributed by atoms with van der Waals surface area (Å²) in [4.78, 5) is 0. The van der Waals surface area contributed by atoms with Crippen molar-refractivity contribution < 1.29 is 16.8 Å². The van der Waals surface area contributed by atoms with Crippen LogP contribution in [0.1, 0.15) is 6.42 Å². The van der Waals surface area contributed by atoms with Gasteiger partial charge in [0.25, 0.3) is 10.2 Å². The molecule has 0 bridgehead atoms. The number of hydrogen-bond donors (Lipinski definition) is 1. The quantitative estimate of drug-likeness (QED) is 0.665. The summed E-state index contributed by atoms with van der Waals surface area (Å²) in [6.45, 7) is 0.905. The standard InChI is InChI=1S/C9H21N3O4S3/c1-11(5-3-4-10)19(15,16)12-6-7-17-8-9(12)18(2,13)14/h9H,3-8,10H2,1-2H3. The van der Waals surface area contributed by atoms with E-state index in [-0.39, 0.29) is 12.3 Å². The lowest BCUT2D eigenvalue weighted by Gasteiger charge is -2.35. The zero-order valence-corrected chi connectivity index (χ0v) is 13.6. The number of rotatable bonds is 6. The third-order valence-corrected chi connectivity index (χ3v) is 7.68. The number of nitrogens with zero attached hydrogens (tertiary/aromatic N) is 2. The molecule has 0 aromatic carbocycles. The Labute approximate surface area is 119 Å². The van der Waals surface area contributed by atoms with E-state index in [9.17, 15) is 16.8 Å². The van der Waals surface area contributed by atoms with E-state index < -0.39 is 25.4 Å². The minimum Gasteiger partial charge on any atom is -0.330 e. The van der Waals surface area contributed by atoms with Crippen molar-refractivity contribution in [2.24, 2.45) is 5.73 Å². The molecule has 1 aliphatic heterocycles. The topological polar surface area (TPSA) is 101 Å². The van der Waals surface area contributed by atoms with Crippen LogP contribution < -0.4 is 5.73 Å². The van der Waals surface area contributed by atoms with E-state index in [4.69, 9.17) is 5.73 Å². The van der Waals surface area contributed by atoms with E-state index in [0.717, 1.165) is 10.6 Å². The average Bonchev–Trinajstić information content (AvgIpc) is 2.34. The minimum atomic E-state index is -3.75. The van der Waals surface area contributed by atoms with Gasteiger partial charge in [-0.25, -0.2) is 8.42 Å². The van der Waals surface area contributed by atoms with Gasteiger partial charge in [-0.15, -0.1) is 0 Å². The molecule has 0 amide bonds. The first-order valence-corrected chi connectivity index (χ1v) is 10.4. The summed E-state index contributed by atoms with van der Waals surface area (Å²) >= 11 is 1.46. The molecular formula is C9H21N3O4S3. The van der Waals surface area contributed by atoms with Crippen LogP contribution in [0.2, 0.25) is 0 Å². The van der Waals surface area contributed by atoms with E-state index in [2.05, 4.69) is 0 Å². The minimum absolute atomic E-state index is 0.220. The van der Waals surface area contributed by atoms with Crippen molar-refractivity contribution in [3.8, 4) is 0 Å². The van der Waals surface area contributed by atoms with Gasteiger partial charge in [0, 0.05) is 37.9 Å². The summed E-state index contributed by atoms with van der Waals surface area (Å²) < 4.78 is 50.5. The summed E-state index contributed by atoms with van der Waals surface area (Å²) in [6, 6.07) is 0. The second-order valence-corrected chi connectivity index (χ2v) is 9.78. The Morgan fingerprint density at radius 3 is 2.53 bits per heavy atom. The number of hydrogen-bond acceptors (Lipinski definition) is 6. The summed E-state index contributed by atoms with van der Waals surface area (Å²) in [7, 11) is -5.74. The molecule has 1 fully saturated rings. The zero-order valence-electron chi connectivity index (χ0n) is 11.1. The highest BCUT2D eigenvalue weighted by Crippen LogP contribution is 2.24. The van der Waals surface area contributed by atoms with Gasteiger partial charge in [-0.05, 0) is 13.0 Å². The molecular weight excluding hydrogens is 310 g/mol. The molecule has 7 nitrogen and oxygen atoms in total. The van der Waals surface area contributed by atoms with E-state index in [1.54, 1.807) is 0 Å². The van der Waals surface area contributed by atoms with E-state index in [0.29, 0.717) is 25.3 Å². The Kier molecular flexibility index (Phi) is 6.08. The normalized spacial score (nSPS) is 22.8. The molecule has 1 atom stereocenters. The van der Waals surface area contributed by atoms with Crippen LogP contribution in [0.5, 0.6) is 0 Å². The van der Waals surface area contributed by atoms with E-state index in [1.165, 1.54) is 23.1 Å². The third-order valence-electron chi connectivity index (χ3n) is 2.90. The van der Waals surface area contributed by atoms with Crippen molar-refractivity contribution in [2.75, 3.05) is 44.4 Å². The van der Waals surface area contributed by atoms with Crippen LogP contribution in [-0.2, 0) is 20.0 Å². The maximum atomic E-state index is 12.4. The van der Waals surface area contributed by atoms with Gasteiger partial charge in [0.05, 0.1) is 0 Å². The van der Waals surface area contributed by atoms with Crippen LogP contribution in [0.15, 0.2) is 0 Å². The van der Waals surface area contributed by atoms with Gasteiger partial charge in [-0.2, -0.15) is 28.8 Å². The van der Waals surface area contributed by atoms with Crippen molar-refractivity contribution in [3.05, 3.63) is 0 Å². The maximum Gasteiger partial charge on any atom is 0.282 e. The molecule has 0 spiro atoms. The Balaban J connectivity index is 2.96. The molecule has 2 N–H and O–H groups in total. The number of sulfone groups is 1. The van der Waals surface area contributed by atoms with Crippen molar-refractivity contribution in [1.29, 1.82) is 0 Å². The van der Waals surface area contributed by atoms with Gasteiger partial charge in [-0.1, -0.05) is 0 Å². The molecule has 0 aromatic heterocycles. The average molecular weight is 331 g/mol. The molecule has 114 valence electrons. The van der Waals surface area contributed by atoms with Crippen molar-refractivity contribution >= 4 is 31.8 Å². The van der Waals surface area contributed by atoms with Crippen LogP contribution in [0, 0.1) is 0 Å². The Hall–Kier alpha value is 0.130. The Morgan fingerprint density at radius 1 is 1.37 bits per heavy atom. The third kappa shape index (κ3) is 4.30. The van der Waals surface area contributed by atoms with Gasteiger partial charge in [0.15, 0.2) is 9.84 Å². The SMILES string of the molecule is CN(CCCN)S(=O)(=O)N1CCSCC1S(C)(=O)=O. The predicted octanol–water partition coefficient (Wildman–Crippen LogP) is -1.07. The lowest BCUT2D eigenvalue weighted by atomic mass is 10.4. The van der Waals surface area contributed by atoms with Gasteiger partial charge in [-0.3, -0.25) is 0 Å². The molecule has 0 aromatic rings. The Morgan fingerprint density at radius 2 is 2.00 bits per heavy atom. The van der Waals surface area contributed by atoms with E-state index in [1.807, 2.05) is 0 Å².